The Morgan fingerprint density at radius 1 is 1.31 bits per heavy atom. The normalized spacial score (nSPS) is 10.7. The van der Waals surface area contributed by atoms with E-state index < -0.39 is 0 Å². The predicted octanol–water partition coefficient (Wildman–Crippen LogP) is 2.90. The molecule has 0 bridgehead atoms. The zero-order valence-corrected chi connectivity index (χ0v) is 10.2. The highest BCUT2D eigenvalue weighted by Gasteiger charge is 2.04. The average Bonchev–Trinajstić information content (AvgIpc) is 2.71. The van der Waals surface area contributed by atoms with Crippen LogP contribution >= 0.6 is 15.9 Å². The van der Waals surface area contributed by atoms with Gasteiger partial charge in [-0.1, -0.05) is 15.9 Å². The second-order valence-electron chi connectivity index (χ2n) is 3.63. The van der Waals surface area contributed by atoms with Crippen LogP contribution in [0.1, 0.15) is 11.1 Å². The molecule has 16 heavy (non-hydrogen) atoms. The number of aromatic nitrogens is 1. The Kier molecular flexibility index (Phi) is 3.41. The van der Waals surface area contributed by atoms with E-state index in [9.17, 15) is 4.39 Å². The van der Waals surface area contributed by atoms with Crippen molar-refractivity contribution >= 4 is 15.9 Å². The molecule has 0 fully saturated rings. The van der Waals surface area contributed by atoms with Gasteiger partial charge < -0.3 is 10.3 Å². The van der Waals surface area contributed by atoms with Crippen molar-refractivity contribution in [3.8, 4) is 0 Å². The summed E-state index contributed by atoms with van der Waals surface area (Å²) in [7, 11) is 0. The topological polar surface area (TPSA) is 30.9 Å². The van der Waals surface area contributed by atoms with Gasteiger partial charge >= 0.3 is 0 Å². The van der Waals surface area contributed by atoms with Crippen LogP contribution in [0.25, 0.3) is 0 Å². The van der Waals surface area contributed by atoms with Gasteiger partial charge in [0.05, 0.1) is 0 Å². The molecule has 2 aromatic rings. The minimum atomic E-state index is -0.189. The van der Waals surface area contributed by atoms with Gasteiger partial charge in [-0.3, -0.25) is 0 Å². The molecule has 84 valence electrons. The fourth-order valence-corrected chi connectivity index (χ4v) is 1.98. The molecule has 0 aliphatic rings. The smallest absolute Gasteiger partial charge is 0.128 e. The molecule has 0 aliphatic heterocycles. The summed E-state index contributed by atoms with van der Waals surface area (Å²) in [6.07, 6.45) is 3.84. The van der Waals surface area contributed by atoms with Crippen molar-refractivity contribution in [1.82, 2.24) is 4.57 Å². The zero-order chi connectivity index (χ0) is 11.5. The summed E-state index contributed by atoms with van der Waals surface area (Å²) in [5.41, 5.74) is 7.23. The van der Waals surface area contributed by atoms with Crippen molar-refractivity contribution < 1.29 is 4.39 Å². The van der Waals surface area contributed by atoms with Gasteiger partial charge in [-0.25, -0.2) is 4.39 Å². The fourth-order valence-electron chi connectivity index (χ4n) is 1.57. The van der Waals surface area contributed by atoms with E-state index in [0.29, 0.717) is 18.7 Å². The lowest BCUT2D eigenvalue weighted by atomic mass is 10.2. The van der Waals surface area contributed by atoms with Gasteiger partial charge in [0.1, 0.15) is 5.82 Å². The summed E-state index contributed by atoms with van der Waals surface area (Å²) in [6.45, 7) is 1.03. The van der Waals surface area contributed by atoms with Crippen molar-refractivity contribution in [3.63, 3.8) is 0 Å². The summed E-state index contributed by atoms with van der Waals surface area (Å²) >= 11 is 3.33. The lowest BCUT2D eigenvalue weighted by Gasteiger charge is -2.05. The van der Waals surface area contributed by atoms with Crippen molar-refractivity contribution in [3.05, 3.63) is 58.1 Å². The third kappa shape index (κ3) is 2.51. The number of hydrogen-bond donors (Lipinski definition) is 1. The van der Waals surface area contributed by atoms with Crippen LogP contribution in [0.3, 0.4) is 0 Å². The Hall–Kier alpha value is -1.13. The van der Waals surface area contributed by atoms with Crippen LogP contribution in [-0.2, 0) is 13.1 Å². The highest BCUT2D eigenvalue weighted by atomic mass is 79.9. The molecular formula is C12H12BrFN2. The SMILES string of the molecule is NCc1ccn(Cc2cc(Br)ccc2F)c1. The van der Waals surface area contributed by atoms with Gasteiger partial charge in [0.15, 0.2) is 0 Å². The molecule has 0 amide bonds. The van der Waals surface area contributed by atoms with E-state index >= 15 is 0 Å². The molecule has 0 atom stereocenters. The number of nitrogens with zero attached hydrogens (tertiary/aromatic N) is 1. The van der Waals surface area contributed by atoms with Crippen LogP contribution < -0.4 is 5.73 Å². The first-order chi connectivity index (χ1) is 7.69. The van der Waals surface area contributed by atoms with Crippen LogP contribution in [0.5, 0.6) is 0 Å². The maximum absolute atomic E-state index is 13.5. The number of rotatable bonds is 3. The second-order valence-corrected chi connectivity index (χ2v) is 4.55. The van der Waals surface area contributed by atoms with Gasteiger partial charge in [0.2, 0.25) is 0 Å². The third-order valence-electron chi connectivity index (χ3n) is 2.41. The Balaban J connectivity index is 2.22. The van der Waals surface area contributed by atoms with E-state index in [1.54, 1.807) is 12.1 Å². The number of hydrogen-bond acceptors (Lipinski definition) is 1. The minimum Gasteiger partial charge on any atom is -0.349 e. The van der Waals surface area contributed by atoms with E-state index in [-0.39, 0.29) is 5.82 Å². The molecule has 2 N–H and O–H groups in total. The highest BCUT2D eigenvalue weighted by molar-refractivity contribution is 9.10. The van der Waals surface area contributed by atoms with E-state index in [0.717, 1.165) is 10.0 Å². The van der Waals surface area contributed by atoms with Gasteiger partial charge in [-0.2, -0.15) is 0 Å². The van der Waals surface area contributed by atoms with Gasteiger partial charge in [0.25, 0.3) is 0 Å². The molecule has 0 radical (unpaired) electrons. The molecular weight excluding hydrogens is 271 g/mol. The molecule has 1 heterocycles. The van der Waals surface area contributed by atoms with E-state index in [1.807, 2.05) is 23.0 Å². The Bertz CT molecular complexity index is 494. The molecule has 0 aliphatic carbocycles. The van der Waals surface area contributed by atoms with Crippen molar-refractivity contribution in [2.45, 2.75) is 13.1 Å². The molecule has 1 aromatic heterocycles. The summed E-state index contributed by atoms with van der Waals surface area (Å²) in [5.74, 6) is -0.189. The molecule has 1 aromatic carbocycles. The van der Waals surface area contributed by atoms with Crippen LogP contribution in [0, 0.1) is 5.82 Å². The first kappa shape index (κ1) is 11.4. The van der Waals surface area contributed by atoms with Crippen molar-refractivity contribution in [2.24, 2.45) is 5.73 Å². The van der Waals surface area contributed by atoms with Crippen LogP contribution in [0.4, 0.5) is 4.39 Å². The second kappa shape index (κ2) is 4.80. The van der Waals surface area contributed by atoms with E-state index in [4.69, 9.17) is 5.73 Å². The molecule has 2 nitrogen and oxygen atoms in total. The maximum atomic E-state index is 13.5. The number of nitrogens with two attached hydrogens (primary N) is 1. The first-order valence-corrected chi connectivity index (χ1v) is 5.77. The summed E-state index contributed by atoms with van der Waals surface area (Å²) < 4.78 is 16.3. The largest absolute Gasteiger partial charge is 0.349 e. The summed E-state index contributed by atoms with van der Waals surface area (Å²) in [5, 5.41) is 0. The monoisotopic (exact) mass is 282 g/mol. The molecule has 4 heteroatoms. The summed E-state index contributed by atoms with van der Waals surface area (Å²) in [4.78, 5) is 0. The van der Waals surface area contributed by atoms with E-state index in [2.05, 4.69) is 15.9 Å². The molecule has 0 unspecified atom stereocenters. The van der Waals surface area contributed by atoms with Crippen molar-refractivity contribution in [2.75, 3.05) is 0 Å². The quantitative estimate of drug-likeness (QED) is 0.922. The van der Waals surface area contributed by atoms with Gasteiger partial charge in [0, 0.05) is 35.5 Å². The first-order valence-electron chi connectivity index (χ1n) is 4.97. The van der Waals surface area contributed by atoms with Crippen molar-refractivity contribution in [1.29, 1.82) is 0 Å². The molecule has 0 saturated carbocycles. The minimum absolute atomic E-state index is 0.189. The summed E-state index contributed by atoms with van der Waals surface area (Å²) in [6, 6.07) is 6.89. The average molecular weight is 283 g/mol. The maximum Gasteiger partial charge on any atom is 0.128 e. The zero-order valence-electron chi connectivity index (χ0n) is 8.66. The van der Waals surface area contributed by atoms with E-state index in [1.165, 1.54) is 6.07 Å². The third-order valence-corrected chi connectivity index (χ3v) is 2.90. The predicted molar refractivity (Wildman–Crippen MR) is 65.5 cm³/mol. The van der Waals surface area contributed by atoms with Crippen LogP contribution in [-0.4, -0.2) is 4.57 Å². The highest BCUT2D eigenvalue weighted by Crippen LogP contribution is 2.17. The molecule has 2 rings (SSSR count). The standard InChI is InChI=1S/C12H12BrFN2/c13-11-1-2-12(14)10(5-11)8-16-4-3-9(6-15)7-16/h1-5,7H,6,8,15H2. The van der Waals surface area contributed by atoms with Crippen LogP contribution in [0.2, 0.25) is 0 Å². The number of halogens is 2. The van der Waals surface area contributed by atoms with Gasteiger partial charge in [-0.15, -0.1) is 0 Å². The Morgan fingerprint density at radius 2 is 2.12 bits per heavy atom. The number of benzene rings is 1. The fraction of sp³-hybridized carbons (Fsp3) is 0.167. The Morgan fingerprint density at radius 3 is 2.81 bits per heavy atom. The van der Waals surface area contributed by atoms with Gasteiger partial charge in [-0.05, 0) is 29.8 Å². The van der Waals surface area contributed by atoms with Crippen LogP contribution in [0.15, 0.2) is 41.1 Å². The molecule has 0 saturated heterocycles. The Labute approximate surface area is 102 Å². The lowest BCUT2D eigenvalue weighted by Crippen LogP contribution is -2.00. The lowest BCUT2D eigenvalue weighted by molar-refractivity contribution is 0.599. The molecule has 0 spiro atoms.